The fraction of sp³-hybridized carbons (Fsp3) is 0.462. The van der Waals surface area contributed by atoms with Gasteiger partial charge in [0.25, 0.3) is 0 Å². The third-order valence-electron chi connectivity index (χ3n) is 2.68. The van der Waals surface area contributed by atoms with Crippen LogP contribution >= 0.6 is 11.8 Å². The second-order valence-electron chi connectivity index (χ2n) is 4.60. The van der Waals surface area contributed by atoms with E-state index in [4.69, 9.17) is 5.26 Å². The highest BCUT2D eigenvalue weighted by atomic mass is 32.2. The molecule has 0 unspecified atom stereocenters. The number of thioether (sulfide) groups is 1. The Morgan fingerprint density at radius 2 is 1.89 bits per heavy atom. The molecule has 18 heavy (non-hydrogen) atoms. The van der Waals surface area contributed by atoms with Gasteiger partial charge in [-0.2, -0.15) is 17.0 Å². The smallest absolute Gasteiger partial charge is 0.131 e. The van der Waals surface area contributed by atoms with Gasteiger partial charge in [0.15, 0.2) is 0 Å². The SMILES string of the molecule is CSC(C)(C)CNCc1c(F)cc(C#N)cc1F. The Bertz CT molecular complexity index is 444. The summed E-state index contributed by atoms with van der Waals surface area (Å²) < 4.78 is 27.1. The van der Waals surface area contributed by atoms with E-state index >= 15 is 0 Å². The molecule has 0 aliphatic rings. The molecule has 0 amide bonds. The highest BCUT2D eigenvalue weighted by molar-refractivity contribution is 7.99. The predicted octanol–water partition coefficient (Wildman–Crippen LogP) is 3.07. The van der Waals surface area contributed by atoms with E-state index in [1.165, 1.54) is 0 Å². The number of rotatable bonds is 5. The number of hydrogen-bond acceptors (Lipinski definition) is 3. The van der Waals surface area contributed by atoms with Crippen LogP contribution in [-0.2, 0) is 6.54 Å². The summed E-state index contributed by atoms with van der Waals surface area (Å²) in [6.07, 6.45) is 1.99. The Hall–Kier alpha value is -1.12. The van der Waals surface area contributed by atoms with Gasteiger partial charge in [-0.1, -0.05) is 0 Å². The number of nitrogens with zero attached hydrogens (tertiary/aromatic N) is 1. The van der Waals surface area contributed by atoms with Crippen molar-refractivity contribution in [3.8, 4) is 6.07 Å². The van der Waals surface area contributed by atoms with E-state index in [2.05, 4.69) is 19.2 Å². The van der Waals surface area contributed by atoms with Crippen molar-refractivity contribution in [2.24, 2.45) is 0 Å². The average Bonchev–Trinajstić information content (AvgIpc) is 2.32. The largest absolute Gasteiger partial charge is 0.311 e. The van der Waals surface area contributed by atoms with Crippen LogP contribution in [-0.4, -0.2) is 17.5 Å². The Morgan fingerprint density at radius 1 is 1.33 bits per heavy atom. The molecule has 0 spiro atoms. The zero-order valence-corrected chi connectivity index (χ0v) is 11.5. The van der Waals surface area contributed by atoms with Crippen LogP contribution in [0.4, 0.5) is 8.78 Å². The standard InChI is InChI=1S/C13H16F2N2S/c1-13(2,18-3)8-17-7-10-11(14)4-9(6-16)5-12(10)15/h4-5,17H,7-8H2,1-3H3. The van der Waals surface area contributed by atoms with Crippen LogP contribution in [0.25, 0.3) is 0 Å². The summed E-state index contributed by atoms with van der Waals surface area (Å²) in [6, 6.07) is 3.83. The van der Waals surface area contributed by atoms with Gasteiger partial charge in [0.05, 0.1) is 11.6 Å². The summed E-state index contributed by atoms with van der Waals surface area (Å²) in [4.78, 5) is 0. The normalized spacial score (nSPS) is 11.3. The monoisotopic (exact) mass is 270 g/mol. The van der Waals surface area contributed by atoms with E-state index in [-0.39, 0.29) is 22.4 Å². The number of hydrogen-bond donors (Lipinski definition) is 1. The molecule has 2 nitrogen and oxygen atoms in total. The Morgan fingerprint density at radius 3 is 2.33 bits per heavy atom. The van der Waals surface area contributed by atoms with Gasteiger partial charge in [0, 0.05) is 23.4 Å². The molecule has 1 N–H and O–H groups in total. The van der Waals surface area contributed by atoms with E-state index in [1.807, 2.05) is 6.26 Å². The van der Waals surface area contributed by atoms with E-state index in [0.29, 0.717) is 6.54 Å². The molecule has 0 heterocycles. The second kappa shape index (κ2) is 6.17. The lowest BCUT2D eigenvalue weighted by Gasteiger charge is -2.22. The molecule has 1 aromatic rings. The van der Waals surface area contributed by atoms with Gasteiger partial charge < -0.3 is 5.32 Å². The number of benzene rings is 1. The van der Waals surface area contributed by atoms with Crippen molar-refractivity contribution in [1.82, 2.24) is 5.32 Å². The first-order chi connectivity index (χ1) is 8.39. The molecule has 0 aromatic heterocycles. The summed E-state index contributed by atoms with van der Waals surface area (Å²) >= 11 is 1.68. The molecule has 0 saturated carbocycles. The maximum absolute atomic E-state index is 13.6. The van der Waals surface area contributed by atoms with E-state index in [9.17, 15) is 8.78 Å². The molecular formula is C13H16F2N2S. The maximum Gasteiger partial charge on any atom is 0.131 e. The third kappa shape index (κ3) is 3.97. The number of nitriles is 1. The molecular weight excluding hydrogens is 254 g/mol. The Balaban J connectivity index is 2.72. The van der Waals surface area contributed by atoms with Crippen LogP contribution in [0.2, 0.25) is 0 Å². The second-order valence-corrected chi connectivity index (χ2v) is 6.11. The van der Waals surface area contributed by atoms with Crippen molar-refractivity contribution in [3.05, 3.63) is 34.9 Å². The van der Waals surface area contributed by atoms with Crippen LogP contribution in [0.1, 0.15) is 25.0 Å². The summed E-state index contributed by atoms with van der Waals surface area (Å²) in [6.45, 7) is 4.87. The average molecular weight is 270 g/mol. The molecule has 0 aliphatic heterocycles. The molecule has 1 aromatic carbocycles. The summed E-state index contributed by atoms with van der Waals surface area (Å²) in [7, 11) is 0. The lowest BCUT2D eigenvalue weighted by Crippen LogP contribution is -2.32. The van der Waals surface area contributed by atoms with Gasteiger partial charge in [-0.15, -0.1) is 0 Å². The minimum atomic E-state index is -0.680. The Kier molecular flexibility index (Phi) is 5.12. The van der Waals surface area contributed by atoms with Crippen molar-refractivity contribution in [2.75, 3.05) is 12.8 Å². The van der Waals surface area contributed by atoms with Crippen LogP contribution in [0.5, 0.6) is 0 Å². The minimum Gasteiger partial charge on any atom is -0.311 e. The highest BCUT2D eigenvalue weighted by Gasteiger charge is 2.16. The Labute approximate surface area is 110 Å². The summed E-state index contributed by atoms with van der Waals surface area (Å²) in [5.41, 5.74) is -0.0240. The van der Waals surface area contributed by atoms with Crippen LogP contribution in [0, 0.1) is 23.0 Å². The van der Waals surface area contributed by atoms with Crippen molar-refractivity contribution >= 4 is 11.8 Å². The van der Waals surface area contributed by atoms with Crippen molar-refractivity contribution in [2.45, 2.75) is 25.1 Å². The summed E-state index contributed by atoms with van der Waals surface area (Å²) in [5, 5.41) is 11.6. The van der Waals surface area contributed by atoms with Crippen LogP contribution < -0.4 is 5.32 Å². The third-order valence-corrected chi connectivity index (χ3v) is 3.92. The minimum absolute atomic E-state index is 0.00167. The van der Waals surface area contributed by atoms with Crippen LogP contribution in [0.3, 0.4) is 0 Å². The zero-order valence-electron chi connectivity index (χ0n) is 10.7. The molecule has 0 aliphatic carbocycles. The molecule has 98 valence electrons. The van der Waals surface area contributed by atoms with Gasteiger partial charge in [-0.05, 0) is 32.2 Å². The first-order valence-corrected chi connectivity index (χ1v) is 6.76. The van der Waals surface area contributed by atoms with Crippen molar-refractivity contribution in [3.63, 3.8) is 0 Å². The highest BCUT2D eigenvalue weighted by Crippen LogP contribution is 2.20. The van der Waals surface area contributed by atoms with Gasteiger partial charge in [-0.3, -0.25) is 0 Å². The summed E-state index contributed by atoms with van der Waals surface area (Å²) in [5.74, 6) is -1.36. The molecule has 0 fully saturated rings. The predicted molar refractivity (Wildman–Crippen MR) is 70.4 cm³/mol. The quantitative estimate of drug-likeness (QED) is 0.893. The van der Waals surface area contributed by atoms with Gasteiger partial charge >= 0.3 is 0 Å². The van der Waals surface area contributed by atoms with Crippen LogP contribution in [0.15, 0.2) is 12.1 Å². The molecule has 1 rings (SSSR count). The van der Waals surface area contributed by atoms with Crippen molar-refractivity contribution < 1.29 is 8.78 Å². The van der Waals surface area contributed by atoms with Gasteiger partial charge in [-0.25, -0.2) is 8.78 Å². The van der Waals surface area contributed by atoms with E-state index in [0.717, 1.165) is 12.1 Å². The fourth-order valence-corrected chi connectivity index (χ4v) is 1.64. The molecule has 0 atom stereocenters. The number of halogens is 2. The fourth-order valence-electron chi connectivity index (χ4n) is 1.40. The zero-order chi connectivity index (χ0) is 13.8. The molecule has 0 saturated heterocycles. The number of nitrogens with one attached hydrogen (secondary N) is 1. The molecule has 5 heteroatoms. The van der Waals surface area contributed by atoms with E-state index in [1.54, 1.807) is 17.8 Å². The van der Waals surface area contributed by atoms with Gasteiger partial charge in [0.2, 0.25) is 0 Å². The van der Waals surface area contributed by atoms with E-state index < -0.39 is 11.6 Å². The first kappa shape index (κ1) is 14.9. The topological polar surface area (TPSA) is 35.8 Å². The lowest BCUT2D eigenvalue weighted by molar-refractivity contribution is 0.521. The van der Waals surface area contributed by atoms with Crippen molar-refractivity contribution in [1.29, 1.82) is 5.26 Å². The maximum atomic E-state index is 13.6. The first-order valence-electron chi connectivity index (χ1n) is 5.53. The molecule has 0 bridgehead atoms. The lowest BCUT2D eigenvalue weighted by atomic mass is 10.1. The van der Waals surface area contributed by atoms with Gasteiger partial charge in [0.1, 0.15) is 11.6 Å². The molecule has 0 radical (unpaired) electrons.